The minimum absolute atomic E-state index is 0.305. The van der Waals surface area contributed by atoms with E-state index in [1.165, 1.54) is 36.5 Å². The molecule has 0 saturated heterocycles. The van der Waals surface area contributed by atoms with Crippen molar-refractivity contribution < 1.29 is 34.1 Å². The Balaban J connectivity index is 0.000000313. The van der Waals surface area contributed by atoms with Crippen molar-refractivity contribution in [3.63, 3.8) is 0 Å². The fraction of sp³-hybridized carbons (Fsp3) is 0.186. The van der Waals surface area contributed by atoms with Crippen LogP contribution in [0.1, 0.15) is 60.1 Å². The third kappa shape index (κ3) is 13.6. The highest BCUT2D eigenvalue weighted by atomic mass is 16.6. The first-order valence-electron chi connectivity index (χ1n) is 16.0. The summed E-state index contributed by atoms with van der Waals surface area (Å²) in [4.78, 5) is 32.7. The van der Waals surface area contributed by atoms with Gasteiger partial charge in [0.25, 0.3) is 0 Å². The minimum Gasteiger partial charge on any atom is -0.465 e. The number of benzene rings is 4. The lowest BCUT2D eigenvalue weighted by Crippen LogP contribution is -2.06. The maximum Gasteiger partial charge on any atom is 0.503 e. The van der Waals surface area contributed by atoms with E-state index in [9.17, 15) is 9.59 Å². The molecule has 0 saturated carbocycles. The molecule has 260 valence electrons. The van der Waals surface area contributed by atoms with Gasteiger partial charge in [-0.05, 0) is 72.9 Å². The maximum atomic E-state index is 12.1. The first-order valence-corrected chi connectivity index (χ1v) is 16.0. The molecule has 7 heteroatoms. The number of allylic oxidation sites excluding steroid dienone is 4. The van der Waals surface area contributed by atoms with Crippen molar-refractivity contribution in [2.45, 2.75) is 39.5 Å². The van der Waals surface area contributed by atoms with Crippen molar-refractivity contribution in [3.05, 3.63) is 179 Å². The largest absolute Gasteiger partial charge is 0.503 e. The number of carboxylic acid groups (broad SMARTS) is 2. The standard InChI is InChI=1S/2C21H22O2.CH2O3/c2*1-4-8-16(2)20(21(22)23-3)19-13-11-18(12-14-19)15-17-9-6-5-7-10-17;2-1(3)4/h2*4-7,9-14H,1,8,15H2,2-3H3;(H2,2,3,4). The van der Waals surface area contributed by atoms with E-state index in [0.717, 1.165) is 35.1 Å². The Morgan fingerprint density at radius 3 is 1.08 bits per heavy atom. The van der Waals surface area contributed by atoms with Gasteiger partial charge in [-0.1, -0.05) is 132 Å². The van der Waals surface area contributed by atoms with Crippen LogP contribution in [0, 0.1) is 0 Å². The predicted octanol–water partition coefficient (Wildman–Crippen LogP) is 9.82. The van der Waals surface area contributed by atoms with Gasteiger partial charge in [0, 0.05) is 0 Å². The minimum atomic E-state index is -1.83. The Hall–Kier alpha value is -5.95. The zero-order valence-corrected chi connectivity index (χ0v) is 29.2. The smallest absolute Gasteiger partial charge is 0.465 e. The summed E-state index contributed by atoms with van der Waals surface area (Å²) >= 11 is 0. The van der Waals surface area contributed by atoms with Gasteiger partial charge in [-0.2, -0.15) is 0 Å². The summed E-state index contributed by atoms with van der Waals surface area (Å²) in [5.74, 6) is -0.611. The Kier molecular flexibility index (Phi) is 17.6. The van der Waals surface area contributed by atoms with E-state index in [2.05, 4.69) is 61.7 Å². The van der Waals surface area contributed by atoms with Gasteiger partial charge >= 0.3 is 18.1 Å². The SMILES string of the molecule is C=CCC(C)=C(C(=O)OC)c1ccc(Cc2ccccc2)cc1.C=CCC(C)=C(C(=O)OC)c1ccc(Cc2ccccc2)cc1.O=C(O)O. The van der Waals surface area contributed by atoms with E-state index < -0.39 is 6.16 Å². The maximum absolute atomic E-state index is 12.1. The molecular weight excluding hydrogens is 628 g/mol. The van der Waals surface area contributed by atoms with Crippen LogP contribution in [0.2, 0.25) is 0 Å². The van der Waals surface area contributed by atoms with Crippen molar-refractivity contribution in [1.29, 1.82) is 0 Å². The van der Waals surface area contributed by atoms with Crippen molar-refractivity contribution in [3.8, 4) is 0 Å². The highest BCUT2D eigenvalue weighted by Gasteiger charge is 2.16. The number of ether oxygens (including phenoxy) is 2. The van der Waals surface area contributed by atoms with E-state index in [4.69, 9.17) is 24.5 Å². The second-order valence-electron chi connectivity index (χ2n) is 11.3. The van der Waals surface area contributed by atoms with Gasteiger partial charge in [0.1, 0.15) is 0 Å². The van der Waals surface area contributed by atoms with Gasteiger partial charge in [0.2, 0.25) is 0 Å². The number of rotatable bonds is 12. The lowest BCUT2D eigenvalue weighted by atomic mass is 9.96. The van der Waals surface area contributed by atoms with Gasteiger partial charge in [-0.25, -0.2) is 14.4 Å². The molecule has 0 heterocycles. The Labute approximate surface area is 295 Å². The van der Waals surface area contributed by atoms with E-state index in [-0.39, 0.29) is 11.9 Å². The average molecular weight is 675 g/mol. The molecule has 0 unspecified atom stereocenters. The number of hydrogen-bond donors (Lipinski definition) is 2. The number of hydrogen-bond acceptors (Lipinski definition) is 5. The lowest BCUT2D eigenvalue weighted by Gasteiger charge is -2.11. The highest BCUT2D eigenvalue weighted by molar-refractivity contribution is 6.18. The summed E-state index contributed by atoms with van der Waals surface area (Å²) in [6.45, 7) is 11.3. The molecule has 0 radical (unpaired) electrons. The van der Waals surface area contributed by atoms with Crippen LogP contribution in [-0.2, 0) is 31.9 Å². The summed E-state index contributed by atoms with van der Waals surface area (Å²) in [6, 6.07) is 36.8. The van der Waals surface area contributed by atoms with Gasteiger partial charge in [-0.3, -0.25) is 0 Å². The predicted molar refractivity (Wildman–Crippen MR) is 201 cm³/mol. The molecule has 0 atom stereocenters. The third-order valence-corrected chi connectivity index (χ3v) is 7.52. The quantitative estimate of drug-likeness (QED) is 0.0874. The Bertz CT molecular complexity index is 1620. The van der Waals surface area contributed by atoms with Crippen LogP contribution in [0.3, 0.4) is 0 Å². The van der Waals surface area contributed by atoms with Crippen LogP contribution in [0.25, 0.3) is 11.1 Å². The molecule has 4 aromatic rings. The van der Waals surface area contributed by atoms with Crippen molar-refractivity contribution in [2.24, 2.45) is 0 Å². The number of carbonyl (C=O) groups is 3. The molecule has 0 bridgehead atoms. The normalized spacial score (nSPS) is 11.1. The molecule has 0 aromatic heterocycles. The lowest BCUT2D eigenvalue weighted by molar-refractivity contribution is -0.134. The molecule has 7 nitrogen and oxygen atoms in total. The number of carbonyl (C=O) groups excluding carboxylic acids is 2. The summed E-state index contributed by atoms with van der Waals surface area (Å²) in [5, 5.41) is 13.9. The molecule has 0 amide bonds. The molecule has 0 fully saturated rings. The molecule has 50 heavy (non-hydrogen) atoms. The van der Waals surface area contributed by atoms with E-state index in [1.807, 2.05) is 74.5 Å². The van der Waals surface area contributed by atoms with Crippen LogP contribution >= 0.6 is 0 Å². The van der Waals surface area contributed by atoms with Crippen LogP contribution < -0.4 is 0 Å². The van der Waals surface area contributed by atoms with Gasteiger partial charge < -0.3 is 19.7 Å². The van der Waals surface area contributed by atoms with E-state index in [0.29, 0.717) is 24.0 Å². The van der Waals surface area contributed by atoms with Gasteiger partial charge in [0.05, 0.1) is 25.4 Å². The molecular formula is C43H46O7. The fourth-order valence-electron chi connectivity index (χ4n) is 5.16. The molecule has 4 rings (SSSR count). The zero-order chi connectivity index (χ0) is 36.9. The van der Waals surface area contributed by atoms with Crippen molar-refractivity contribution >= 4 is 29.2 Å². The average Bonchev–Trinajstić information content (AvgIpc) is 3.11. The van der Waals surface area contributed by atoms with Gasteiger partial charge in [-0.15, -0.1) is 13.2 Å². The number of methoxy groups -OCH3 is 2. The molecule has 2 N–H and O–H groups in total. The molecule has 0 aliphatic heterocycles. The van der Waals surface area contributed by atoms with E-state index >= 15 is 0 Å². The second-order valence-corrected chi connectivity index (χ2v) is 11.3. The Morgan fingerprint density at radius 2 is 0.820 bits per heavy atom. The third-order valence-electron chi connectivity index (χ3n) is 7.52. The molecule has 0 spiro atoms. The van der Waals surface area contributed by atoms with Crippen molar-refractivity contribution in [1.82, 2.24) is 0 Å². The summed E-state index contributed by atoms with van der Waals surface area (Å²) < 4.78 is 9.86. The van der Waals surface area contributed by atoms with Crippen LogP contribution in [0.15, 0.2) is 146 Å². The number of esters is 2. The van der Waals surface area contributed by atoms with E-state index in [1.54, 1.807) is 12.2 Å². The first kappa shape index (κ1) is 40.2. The highest BCUT2D eigenvalue weighted by Crippen LogP contribution is 2.25. The van der Waals surface area contributed by atoms with Crippen LogP contribution in [0.5, 0.6) is 0 Å². The second kappa shape index (κ2) is 21.8. The summed E-state index contributed by atoms with van der Waals surface area (Å²) in [6.07, 6.45) is 4.84. The van der Waals surface area contributed by atoms with Gasteiger partial charge in [0.15, 0.2) is 0 Å². The zero-order valence-electron chi connectivity index (χ0n) is 29.2. The summed E-state index contributed by atoms with van der Waals surface area (Å²) in [5.41, 5.74) is 9.90. The van der Waals surface area contributed by atoms with Crippen molar-refractivity contribution in [2.75, 3.05) is 14.2 Å². The molecule has 0 aliphatic rings. The molecule has 4 aromatic carbocycles. The fourth-order valence-corrected chi connectivity index (χ4v) is 5.16. The molecule has 0 aliphatic carbocycles. The van der Waals surface area contributed by atoms with Crippen LogP contribution in [0.4, 0.5) is 4.79 Å². The first-order chi connectivity index (χ1) is 24.0. The Morgan fingerprint density at radius 1 is 0.540 bits per heavy atom. The topological polar surface area (TPSA) is 110 Å². The summed E-state index contributed by atoms with van der Waals surface area (Å²) in [7, 11) is 2.82. The van der Waals surface area contributed by atoms with Crippen LogP contribution in [-0.4, -0.2) is 42.5 Å². The monoisotopic (exact) mass is 674 g/mol.